The number of unbranched alkanes of at least 4 members (excludes halogenated alkanes) is 31. The third-order valence-electron chi connectivity index (χ3n) is 22.5. The van der Waals surface area contributed by atoms with Crippen molar-refractivity contribution in [2.24, 2.45) is 47.3 Å². The predicted molar refractivity (Wildman–Crippen MR) is 371 cm³/mol. The van der Waals surface area contributed by atoms with Gasteiger partial charge in [0.25, 0.3) is 23.6 Å². The largest absolute Gasteiger partial charge is 0.326 e. The van der Waals surface area contributed by atoms with E-state index >= 15 is 0 Å². The van der Waals surface area contributed by atoms with Crippen molar-refractivity contribution in [3.05, 3.63) is 48.0 Å². The molecule has 0 spiro atoms. The van der Waals surface area contributed by atoms with E-state index in [1.807, 2.05) is 30.3 Å². The molecule has 502 valence electrons. The lowest BCUT2D eigenvalue weighted by Gasteiger charge is -2.44. The van der Waals surface area contributed by atoms with Crippen LogP contribution in [0.2, 0.25) is 0 Å². The molecule has 0 radical (unpaired) electrons. The van der Waals surface area contributed by atoms with Crippen LogP contribution in [0.5, 0.6) is 0 Å². The summed E-state index contributed by atoms with van der Waals surface area (Å²) < 4.78 is 0. The number of hydrogen-bond donors (Lipinski definition) is 0. The van der Waals surface area contributed by atoms with Gasteiger partial charge in [-0.05, 0) is 124 Å². The smallest absolute Gasteiger partial charge is 0.254 e. The zero-order chi connectivity index (χ0) is 62.8. The van der Waals surface area contributed by atoms with Gasteiger partial charge in [0.1, 0.15) is 6.04 Å². The minimum Gasteiger partial charge on any atom is -0.326 e. The zero-order valence-corrected chi connectivity index (χ0v) is 58.1. The molecule has 2 heterocycles. The van der Waals surface area contributed by atoms with Crippen LogP contribution < -0.4 is 0 Å². The molecule has 5 rings (SSSR count). The van der Waals surface area contributed by atoms with Gasteiger partial charge in [-0.3, -0.25) is 33.8 Å². The number of imide groups is 2. The SMILES string of the molecule is CCCCCCCCC1C(CCCCCC)CCC(C)C1CCCCCCCCN(C(=O)c1ccccc1)C1CC(=O)N(CCCCCCCCC2C(CCCCCCCCN3C(=O)C=CC3=O)CCC(CCCCCC)C2CCCCCCCC)C1=O. The van der Waals surface area contributed by atoms with Crippen molar-refractivity contribution in [1.29, 1.82) is 0 Å². The number of nitrogens with zero attached hydrogens (tertiary/aromatic N) is 3. The summed E-state index contributed by atoms with van der Waals surface area (Å²) in [6.45, 7) is 13.4. The van der Waals surface area contributed by atoms with Gasteiger partial charge in [0.05, 0.1) is 6.42 Å². The van der Waals surface area contributed by atoms with E-state index in [0.717, 1.165) is 98.7 Å². The van der Waals surface area contributed by atoms with Crippen molar-refractivity contribution in [1.82, 2.24) is 14.7 Å². The Morgan fingerprint density at radius 3 is 1.18 bits per heavy atom. The summed E-state index contributed by atoms with van der Waals surface area (Å²) >= 11 is 0. The summed E-state index contributed by atoms with van der Waals surface area (Å²) in [5.74, 6) is 6.31. The second kappa shape index (κ2) is 46.7. The molecule has 4 aliphatic rings. The fourth-order valence-corrected chi connectivity index (χ4v) is 17.2. The number of amides is 5. The Balaban J connectivity index is 1.06. The second-order valence-electron chi connectivity index (χ2n) is 29.2. The lowest BCUT2D eigenvalue weighted by molar-refractivity contribution is -0.140. The van der Waals surface area contributed by atoms with E-state index in [0.29, 0.717) is 25.2 Å². The van der Waals surface area contributed by atoms with Crippen LogP contribution in [0.3, 0.4) is 0 Å². The lowest BCUT2D eigenvalue weighted by atomic mass is 9.61. The van der Waals surface area contributed by atoms with Gasteiger partial charge in [-0.15, -0.1) is 0 Å². The molecule has 2 aliphatic carbocycles. The van der Waals surface area contributed by atoms with E-state index in [9.17, 15) is 24.0 Å². The maximum Gasteiger partial charge on any atom is 0.254 e. The fourth-order valence-electron chi connectivity index (χ4n) is 17.2. The van der Waals surface area contributed by atoms with Crippen molar-refractivity contribution in [3.8, 4) is 0 Å². The van der Waals surface area contributed by atoms with E-state index in [4.69, 9.17) is 0 Å². The monoisotopic (exact) mass is 1220 g/mol. The molecule has 9 atom stereocenters. The summed E-state index contributed by atoms with van der Waals surface area (Å²) in [7, 11) is 0. The van der Waals surface area contributed by atoms with Crippen LogP contribution in [0.25, 0.3) is 0 Å². The molecule has 5 amide bonds. The van der Waals surface area contributed by atoms with Gasteiger partial charge in [-0.25, -0.2) is 0 Å². The average molecular weight is 1220 g/mol. The normalized spacial score (nSPS) is 23.1. The van der Waals surface area contributed by atoms with Crippen LogP contribution in [-0.4, -0.2) is 69.9 Å². The lowest BCUT2D eigenvalue weighted by Crippen LogP contribution is -2.46. The van der Waals surface area contributed by atoms with Crippen LogP contribution in [0.1, 0.15) is 366 Å². The van der Waals surface area contributed by atoms with Gasteiger partial charge < -0.3 is 4.90 Å². The third-order valence-corrected chi connectivity index (χ3v) is 22.5. The highest BCUT2D eigenvalue weighted by molar-refractivity contribution is 6.12. The van der Waals surface area contributed by atoms with Crippen LogP contribution >= 0.6 is 0 Å². The number of likely N-dealkylation sites (tertiary alicyclic amines) is 1. The van der Waals surface area contributed by atoms with Gasteiger partial charge >= 0.3 is 0 Å². The Morgan fingerprint density at radius 1 is 0.398 bits per heavy atom. The molecule has 2 saturated carbocycles. The van der Waals surface area contributed by atoms with E-state index in [1.54, 1.807) is 4.90 Å². The van der Waals surface area contributed by atoms with Gasteiger partial charge in [0.15, 0.2) is 0 Å². The first-order chi connectivity index (χ1) is 43.1. The molecule has 88 heavy (non-hydrogen) atoms. The minimum atomic E-state index is -0.711. The van der Waals surface area contributed by atoms with Crippen LogP contribution in [0.15, 0.2) is 42.5 Å². The Labute approximate surface area is 542 Å². The van der Waals surface area contributed by atoms with Gasteiger partial charge in [-0.2, -0.15) is 0 Å². The zero-order valence-electron chi connectivity index (χ0n) is 58.1. The maximum absolute atomic E-state index is 14.2. The molecule has 1 saturated heterocycles. The van der Waals surface area contributed by atoms with E-state index < -0.39 is 6.04 Å². The molecule has 8 nitrogen and oxygen atoms in total. The van der Waals surface area contributed by atoms with Crippen LogP contribution in [0.4, 0.5) is 0 Å². The number of rotatable bonds is 53. The maximum atomic E-state index is 14.2. The van der Waals surface area contributed by atoms with Crippen LogP contribution in [-0.2, 0) is 19.2 Å². The Hall–Kier alpha value is -3.29. The molecular formula is C80H137N3O5. The highest BCUT2D eigenvalue weighted by Crippen LogP contribution is 2.49. The molecule has 0 N–H and O–H groups in total. The average Bonchev–Trinajstić information content (AvgIpc) is 3.75. The Kier molecular flexibility index (Phi) is 40.0. The highest BCUT2D eigenvalue weighted by Gasteiger charge is 2.44. The Bertz CT molecular complexity index is 2020. The summed E-state index contributed by atoms with van der Waals surface area (Å²) in [4.78, 5) is 70.7. The number of carbonyl (C=O) groups is 5. The highest BCUT2D eigenvalue weighted by atomic mass is 16.2. The molecule has 8 heteroatoms. The standard InChI is InChI=1S/C80H137N3O5/c1-6-10-14-18-27-41-53-72-67(47-35-16-12-8-3)57-56-66(5)71(72)52-40-29-21-24-31-44-62-81(79(87)70-50-38-34-39-51-70)75-65-78(86)83(80(75)88)64-46-33-25-22-30-43-55-74-69(49-37-26-20-23-32-45-63-82-76(84)60-61-77(82)85)59-58-68(48-36-17-13-9-4)73(74)54-42-28-19-15-11-7-2/h34,38-39,50-51,60-61,66-69,71-75H,6-33,35-37,40-49,52-59,62-65H2,1-5H3. The topological polar surface area (TPSA) is 95.1 Å². The molecule has 0 aromatic heterocycles. The van der Waals surface area contributed by atoms with E-state index in [1.165, 1.54) is 285 Å². The van der Waals surface area contributed by atoms with E-state index in [2.05, 4.69) is 34.6 Å². The number of hydrogen-bond acceptors (Lipinski definition) is 5. The fraction of sp³-hybridized carbons (Fsp3) is 0.838. The number of carbonyl (C=O) groups excluding carboxylic acids is 5. The second-order valence-corrected chi connectivity index (χ2v) is 29.2. The summed E-state index contributed by atoms with van der Waals surface area (Å²) in [5.41, 5.74) is 0.595. The minimum absolute atomic E-state index is 0.101. The molecule has 1 aromatic rings. The predicted octanol–water partition coefficient (Wildman–Crippen LogP) is 22.4. The third kappa shape index (κ3) is 27.9. The van der Waals surface area contributed by atoms with E-state index in [-0.39, 0.29) is 36.0 Å². The molecule has 3 fully saturated rings. The van der Waals surface area contributed by atoms with Crippen molar-refractivity contribution < 1.29 is 24.0 Å². The number of benzene rings is 1. The summed E-state index contributed by atoms with van der Waals surface area (Å²) in [5, 5.41) is 0. The Morgan fingerprint density at radius 2 is 0.739 bits per heavy atom. The van der Waals surface area contributed by atoms with Crippen molar-refractivity contribution in [2.45, 2.75) is 362 Å². The summed E-state index contributed by atoms with van der Waals surface area (Å²) in [6, 6.07) is 8.71. The quantitative estimate of drug-likeness (QED) is 0.0478. The van der Waals surface area contributed by atoms with Gasteiger partial charge in [0, 0.05) is 37.3 Å². The van der Waals surface area contributed by atoms with Crippen molar-refractivity contribution in [2.75, 3.05) is 19.6 Å². The first kappa shape index (κ1) is 75.4. The van der Waals surface area contributed by atoms with Crippen molar-refractivity contribution in [3.63, 3.8) is 0 Å². The van der Waals surface area contributed by atoms with Gasteiger partial charge in [-0.1, -0.05) is 303 Å². The molecule has 9 unspecified atom stereocenters. The molecule has 2 aliphatic heterocycles. The molecule has 0 bridgehead atoms. The first-order valence-corrected chi connectivity index (χ1v) is 38.9. The van der Waals surface area contributed by atoms with Crippen molar-refractivity contribution >= 4 is 29.5 Å². The molecular weight excluding hydrogens is 1080 g/mol. The summed E-state index contributed by atoms with van der Waals surface area (Å²) in [6.07, 6.45) is 66.8. The van der Waals surface area contributed by atoms with Crippen LogP contribution in [0, 0.1) is 47.3 Å². The molecule has 1 aromatic carbocycles. The van der Waals surface area contributed by atoms with Gasteiger partial charge in [0.2, 0.25) is 5.91 Å². The first-order valence-electron chi connectivity index (χ1n) is 38.9.